The Hall–Kier alpha value is -3.62. The van der Waals surface area contributed by atoms with E-state index in [-0.39, 0.29) is 18.1 Å². The fourth-order valence-corrected chi connectivity index (χ4v) is 3.84. The van der Waals surface area contributed by atoms with Crippen molar-refractivity contribution in [2.75, 3.05) is 14.2 Å². The summed E-state index contributed by atoms with van der Waals surface area (Å²) >= 11 is 0. The Morgan fingerprint density at radius 1 is 1.06 bits per heavy atom. The van der Waals surface area contributed by atoms with Crippen LogP contribution < -0.4 is 19.5 Å². The number of hydrogen-bond donors (Lipinski definition) is 1. The van der Waals surface area contributed by atoms with Crippen LogP contribution in [-0.2, 0) is 7.05 Å². The number of carbonyl (C=O) groups excluding carboxylic acids is 1. The van der Waals surface area contributed by atoms with Crippen LogP contribution in [0.25, 0.3) is 11.3 Å². The van der Waals surface area contributed by atoms with Crippen molar-refractivity contribution in [3.63, 3.8) is 0 Å². The maximum absolute atomic E-state index is 12.9. The van der Waals surface area contributed by atoms with Crippen LogP contribution in [0.2, 0.25) is 0 Å². The van der Waals surface area contributed by atoms with E-state index >= 15 is 0 Å². The molecule has 1 saturated carbocycles. The van der Waals surface area contributed by atoms with Gasteiger partial charge in [0.25, 0.3) is 5.91 Å². The molecule has 32 heavy (non-hydrogen) atoms. The van der Waals surface area contributed by atoms with Gasteiger partial charge in [-0.05, 0) is 43.9 Å². The zero-order valence-electron chi connectivity index (χ0n) is 18.4. The van der Waals surface area contributed by atoms with Crippen LogP contribution in [0.4, 0.5) is 0 Å². The predicted octanol–water partition coefficient (Wildman–Crippen LogP) is 3.01. The highest BCUT2D eigenvalue weighted by molar-refractivity contribution is 5.93. The van der Waals surface area contributed by atoms with Crippen LogP contribution in [0.1, 0.15) is 36.2 Å². The summed E-state index contributed by atoms with van der Waals surface area (Å²) in [5.41, 5.74) is 2.15. The molecular weight excluding hydrogens is 410 g/mol. The fraction of sp³-hybridized carbons (Fsp3) is 0.391. The molecule has 168 valence electrons. The molecule has 1 aromatic carbocycles. The lowest BCUT2D eigenvalue weighted by atomic mass is 9.93. The summed E-state index contributed by atoms with van der Waals surface area (Å²) in [6.45, 7) is 0. The van der Waals surface area contributed by atoms with Crippen molar-refractivity contribution in [1.82, 2.24) is 25.1 Å². The number of ether oxygens (including phenoxy) is 3. The topological polar surface area (TPSA) is 100 Å². The first-order valence-electron chi connectivity index (χ1n) is 10.6. The van der Waals surface area contributed by atoms with Crippen LogP contribution >= 0.6 is 0 Å². The molecule has 1 aliphatic carbocycles. The van der Waals surface area contributed by atoms with E-state index in [1.54, 1.807) is 38.2 Å². The molecule has 0 radical (unpaired) electrons. The fourth-order valence-electron chi connectivity index (χ4n) is 3.84. The molecule has 1 amide bonds. The molecule has 0 unspecified atom stereocenters. The summed E-state index contributed by atoms with van der Waals surface area (Å²) < 4.78 is 17.9. The number of benzene rings is 1. The Balaban J connectivity index is 1.33. The Morgan fingerprint density at radius 2 is 1.84 bits per heavy atom. The van der Waals surface area contributed by atoms with E-state index in [2.05, 4.69) is 20.4 Å². The lowest BCUT2D eigenvalue weighted by Crippen LogP contribution is -2.40. The van der Waals surface area contributed by atoms with Crippen molar-refractivity contribution in [1.29, 1.82) is 0 Å². The summed E-state index contributed by atoms with van der Waals surface area (Å²) in [4.78, 5) is 21.2. The van der Waals surface area contributed by atoms with E-state index < -0.39 is 0 Å². The average molecular weight is 438 g/mol. The van der Waals surface area contributed by atoms with Crippen LogP contribution in [0, 0.1) is 0 Å². The first kappa shape index (κ1) is 21.6. The molecule has 9 nitrogen and oxygen atoms in total. The quantitative estimate of drug-likeness (QED) is 0.606. The lowest BCUT2D eigenvalue weighted by Gasteiger charge is -2.29. The second-order valence-electron chi connectivity index (χ2n) is 7.73. The molecular formula is C23H27N5O4. The molecule has 9 heteroatoms. The SMILES string of the molecule is COc1cccc(-c2cc(C(=O)NC3CCC(Oc4cncc(OC)n4)CC3)n(C)n2)c1. The summed E-state index contributed by atoms with van der Waals surface area (Å²) in [5.74, 6) is 1.50. The van der Waals surface area contributed by atoms with Crippen molar-refractivity contribution in [2.24, 2.45) is 7.05 Å². The number of nitrogens with zero attached hydrogens (tertiary/aromatic N) is 4. The molecule has 1 aliphatic rings. The number of rotatable bonds is 7. The predicted molar refractivity (Wildman–Crippen MR) is 118 cm³/mol. The van der Waals surface area contributed by atoms with Crippen molar-refractivity contribution in [3.8, 4) is 28.8 Å². The molecule has 4 rings (SSSR count). The van der Waals surface area contributed by atoms with Gasteiger partial charge in [0.2, 0.25) is 11.8 Å². The van der Waals surface area contributed by atoms with Crippen molar-refractivity contribution in [2.45, 2.75) is 37.8 Å². The number of aromatic nitrogens is 4. The van der Waals surface area contributed by atoms with Gasteiger partial charge in [0, 0.05) is 18.7 Å². The third-order valence-electron chi connectivity index (χ3n) is 5.57. The van der Waals surface area contributed by atoms with Gasteiger partial charge in [0.1, 0.15) is 17.5 Å². The van der Waals surface area contributed by atoms with Gasteiger partial charge in [-0.15, -0.1) is 0 Å². The largest absolute Gasteiger partial charge is 0.497 e. The number of carbonyl (C=O) groups is 1. The summed E-state index contributed by atoms with van der Waals surface area (Å²) in [6.07, 6.45) is 6.47. The van der Waals surface area contributed by atoms with Crippen LogP contribution in [-0.4, -0.2) is 52.0 Å². The summed E-state index contributed by atoms with van der Waals surface area (Å²) in [6, 6.07) is 9.52. The molecule has 0 atom stereocenters. The lowest BCUT2D eigenvalue weighted by molar-refractivity contribution is 0.0880. The minimum atomic E-state index is -0.128. The standard InChI is InChI=1S/C23H27N5O4/c1-28-20(12-19(27-28)15-5-4-6-18(11-15)30-2)23(29)25-16-7-9-17(10-8-16)32-22-14-24-13-21(26-22)31-3/h4-6,11-14,16-17H,7-10H2,1-3H3,(H,25,29). The number of nitrogens with one attached hydrogen (secondary N) is 1. The smallest absolute Gasteiger partial charge is 0.269 e. The molecule has 1 fully saturated rings. The van der Waals surface area contributed by atoms with Gasteiger partial charge in [0.05, 0.1) is 32.3 Å². The van der Waals surface area contributed by atoms with Gasteiger partial charge in [0.15, 0.2) is 0 Å². The number of aryl methyl sites for hydroxylation is 1. The molecule has 2 aromatic heterocycles. The maximum atomic E-state index is 12.9. The molecule has 0 bridgehead atoms. The highest BCUT2D eigenvalue weighted by Crippen LogP contribution is 2.25. The number of methoxy groups -OCH3 is 2. The Morgan fingerprint density at radius 3 is 2.59 bits per heavy atom. The highest BCUT2D eigenvalue weighted by Gasteiger charge is 2.25. The van der Waals surface area contributed by atoms with Gasteiger partial charge in [-0.2, -0.15) is 10.1 Å². The minimum Gasteiger partial charge on any atom is -0.497 e. The highest BCUT2D eigenvalue weighted by atomic mass is 16.5. The Bertz CT molecular complexity index is 1080. The van der Waals surface area contributed by atoms with E-state index in [1.165, 1.54) is 6.20 Å². The Kier molecular flexibility index (Phi) is 6.53. The maximum Gasteiger partial charge on any atom is 0.269 e. The van der Waals surface area contributed by atoms with E-state index in [9.17, 15) is 4.79 Å². The average Bonchev–Trinajstić information content (AvgIpc) is 3.22. The summed E-state index contributed by atoms with van der Waals surface area (Å²) in [7, 11) is 4.95. The van der Waals surface area contributed by atoms with Crippen LogP contribution in [0.15, 0.2) is 42.7 Å². The third-order valence-corrected chi connectivity index (χ3v) is 5.57. The number of hydrogen-bond acceptors (Lipinski definition) is 7. The van der Waals surface area contributed by atoms with Crippen LogP contribution in [0.3, 0.4) is 0 Å². The minimum absolute atomic E-state index is 0.0425. The molecule has 2 heterocycles. The van der Waals surface area contributed by atoms with Crippen molar-refractivity contribution < 1.29 is 19.0 Å². The van der Waals surface area contributed by atoms with E-state index in [4.69, 9.17) is 14.2 Å². The van der Waals surface area contributed by atoms with Gasteiger partial charge in [-0.25, -0.2) is 0 Å². The van der Waals surface area contributed by atoms with Gasteiger partial charge in [-0.3, -0.25) is 14.5 Å². The van der Waals surface area contributed by atoms with Gasteiger partial charge in [-0.1, -0.05) is 12.1 Å². The summed E-state index contributed by atoms with van der Waals surface area (Å²) in [5, 5.41) is 7.64. The van der Waals surface area contributed by atoms with Gasteiger partial charge >= 0.3 is 0 Å². The molecule has 0 aliphatic heterocycles. The molecule has 3 aromatic rings. The van der Waals surface area contributed by atoms with Crippen molar-refractivity contribution in [3.05, 3.63) is 48.4 Å². The number of amides is 1. The molecule has 1 N–H and O–H groups in total. The van der Waals surface area contributed by atoms with E-state index in [0.717, 1.165) is 42.7 Å². The zero-order valence-corrected chi connectivity index (χ0v) is 18.4. The zero-order chi connectivity index (χ0) is 22.5. The van der Waals surface area contributed by atoms with E-state index in [1.807, 2.05) is 24.3 Å². The normalized spacial score (nSPS) is 18.1. The monoisotopic (exact) mass is 437 g/mol. The second-order valence-corrected chi connectivity index (χ2v) is 7.73. The third kappa shape index (κ3) is 4.99. The molecule has 0 saturated heterocycles. The second kappa shape index (κ2) is 9.67. The van der Waals surface area contributed by atoms with Crippen LogP contribution in [0.5, 0.6) is 17.5 Å². The Labute approximate surface area is 186 Å². The van der Waals surface area contributed by atoms with Gasteiger partial charge < -0.3 is 19.5 Å². The first-order valence-corrected chi connectivity index (χ1v) is 10.6. The molecule has 0 spiro atoms. The van der Waals surface area contributed by atoms with E-state index in [0.29, 0.717) is 17.5 Å². The first-order chi connectivity index (χ1) is 15.6. The van der Waals surface area contributed by atoms with Crippen molar-refractivity contribution >= 4 is 5.91 Å².